The first kappa shape index (κ1) is 9.97. The van der Waals surface area contributed by atoms with Gasteiger partial charge in [0.15, 0.2) is 0 Å². The number of amides is 1. The molecule has 0 aromatic carbocycles. The smallest absolute Gasteiger partial charge is 0.222 e. The molecule has 2 aliphatic heterocycles. The van der Waals surface area contributed by atoms with Crippen molar-refractivity contribution in [2.75, 3.05) is 19.6 Å². The van der Waals surface area contributed by atoms with Crippen LogP contribution in [0.5, 0.6) is 0 Å². The molecule has 0 radical (unpaired) electrons. The third kappa shape index (κ3) is 1.92. The predicted molar refractivity (Wildman–Crippen MR) is 56.0 cm³/mol. The first-order chi connectivity index (χ1) is 6.79. The highest BCUT2D eigenvalue weighted by atomic mass is 16.2. The zero-order valence-corrected chi connectivity index (χ0v) is 8.96. The van der Waals surface area contributed by atoms with E-state index in [2.05, 4.69) is 17.1 Å². The number of nitrogens with one attached hydrogen (secondary N) is 1. The quantitative estimate of drug-likeness (QED) is 0.714. The van der Waals surface area contributed by atoms with E-state index in [0.717, 1.165) is 32.5 Å². The molecule has 3 nitrogen and oxygen atoms in total. The normalized spacial score (nSPS) is 30.8. The second-order valence-electron chi connectivity index (χ2n) is 4.54. The van der Waals surface area contributed by atoms with Crippen LogP contribution in [0.2, 0.25) is 0 Å². The average molecular weight is 196 g/mol. The first-order valence-electron chi connectivity index (χ1n) is 5.79. The SMILES string of the molecule is CC(C1CCNC1)N1CCCCC1=O. The molecule has 0 aromatic rings. The Morgan fingerprint density at radius 3 is 3.00 bits per heavy atom. The van der Waals surface area contributed by atoms with Crippen molar-refractivity contribution in [1.82, 2.24) is 10.2 Å². The van der Waals surface area contributed by atoms with Crippen LogP contribution in [0.4, 0.5) is 0 Å². The minimum Gasteiger partial charge on any atom is -0.340 e. The molecule has 80 valence electrons. The standard InChI is InChI=1S/C11H20N2O/c1-9(10-5-6-12-8-10)13-7-3-2-4-11(13)14/h9-10,12H,2-8H2,1H3. The highest BCUT2D eigenvalue weighted by Crippen LogP contribution is 2.22. The number of likely N-dealkylation sites (tertiary alicyclic amines) is 1. The Hall–Kier alpha value is -0.570. The monoisotopic (exact) mass is 196 g/mol. The highest BCUT2D eigenvalue weighted by Gasteiger charge is 2.30. The van der Waals surface area contributed by atoms with Crippen molar-refractivity contribution in [1.29, 1.82) is 0 Å². The minimum atomic E-state index is 0.371. The van der Waals surface area contributed by atoms with Crippen molar-refractivity contribution in [3.05, 3.63) is 0 Å². The van der Waals surface area contributed by atoms with Crippen molar-refractivity contribution in [3.63, 3.8) is 0 Å². The van der Waals surface area contributed by atoms with Crippen LogP contribution in [0.25, 0.3) is 0 Å². The molecular weight excluding hydrogens is 176 g/mol. The summed E-state index contributed by atoms with van der Waals surface area (Å²) in [7, 11) is 0. The molecule has 3 heteroatoms. The van der Waals surface area contributed by atoms with Gasteiger partial charge in [-0.3, -0.25) is 4.79 Å². The van der Waals surface area contributed by atoms with Crippen molar-refractivity contribution >= 4 is 5.91 Å². The first-order valence-corrected chi connectivity index (χ1v) is 5.79. The van der Waals surface area contributed by atoms with Crippen molar-refractivity contribution in [3.8, 4) is 0 Å². The zero-order valence-electron chi connectivity index (χ0n) is 8.96. The Morgan fingerprint density at radius 2 is 2.36 bits per heavy atom. The van der Waals surface area contributed by atoms with Crippen molar-refractivity contribution < 1.29 is 4.79 Å². The van der Waals surface area contributed by atoms with Crippen LogP contribution in [-0.2, 0) is 4.79 Å². The van der Waals surface area contributed by atoms with E-state index in [1.807, 2.05) is 0 Å². The van der Waals surface area contributed by atoms with Gasteiger partial charge in [-0.1, -0.05) is 0 Å². The molecule has 0 saturated carbocycles. The lowest BCUT2D eigenvalue weighted by Gasteiger charge is -2.35. The van der Waals surface area contributed by atoms with Gasteiger partial charge >= 0.3 is 0 Å². The summed E-state index contributed by atoms with van der Waals surface area (Å²) < 4.78 is 0. The lowest BCUT2D eigenvalue weighted by Crippen LogP contribution is -2.45. The third-order valence-electron chi connectivity index (χ3n) is 3.63. The Bertz CT molecular complexity index is 211. The summed E-state index contributed by atoms with van der Waals surface area (Å²) >= 11 is 0. The maximum Gasteiger partial charge on any atom is 0.222 e. The van der Waals surface area contributed by atoms with Gasteiger partial charge in [0.05, 0.1) is 0 Å². The fraction of sp³-hybridized carbons (Fsp3) is 0.909. The average Bonchev–Trinajstić information content (AvgIpc) is 2.70. The van der Waals surface area contributed by atoms with E-state index < -0.39 is 0 Å². The number of carbonyl (C=O) groups is 1. The number of hydrogen-bond donors (Lipinski definition) is 1. The van der Waals surface area contributed by atoms with Crippen LogP contribution in [0.1, 0.15) is 32.6 Å². The molecule has 2 unspecified atom stereocenters. The van der Waals surface area contributed by atoms with Crippen molar-refractivity contribution in [2.24, 2.45) is 5.92 Å². The number of nitrogens with zero attached hydrogens (tertiary/aromatic N) is 1. The molecular formula is C11H20N2O. The van der Waals surface area contributed by atoms with E-state index in [4.69, 9.17) is 0 Å². The van der Waals surface area contributed by atoms with Gasteiger partial charge in [0.1, 0.15) is 0 Å². The summed E-state index contributed by atoms with van der Waals surface area (Å²) in [6, 6.07) is 0.442. The van der Waals surface area contributed by atoms with E-state index in [1.54, 1.807) is 0 Å². The maximum absolute atomic E-state index is 11.7. The van der Waals surface area contributed by atoms with Gasteiger partial charge in [0, 0.05) is 19.0 Å². The lowest BCUT2D eigenvalue weighted by molar-refractivity contribution is -0.136. The van der Waals surface area contributed by atoms with Crippen LogP contribution in [0.15, 0.2) is 0 Å². The molecule has 0 spiro atoms. The number of piperidine rings is 1. The Morgan fingerprint density at radius 1 is 1.50 bits per heavy atom. The highest BCUT2D eigenvalue weighted by molar-refractivity contribution is 5.77. The van der Waals surface area contributed by atoms with Gasteiger partial charge in [0.25, 0.3) is 0 Å². The molecule has 2 rings (SSSR count). The van der Waals surface area contributed by atoms with Crippen molar-refractivity contribution in [2.45, 2.75) is 38.6 Å². The number of carbonyl (C=O) groups excluding carboxylic acids is 1. The third-order valence-corrected chi connectivity index (χ3v) is 3.63. The lowest BCUT2D eigenvalue weighted by atomic mass is 9.96. The molecule has 2 aliphatic rings. The second-order valence-corrected chi connectivity index (χ2v) is 4.54. The van der Waals surface area contributed by atoms with Crippen LogP contribution in [0.3, 0.4) is 0 Å². The van der Waals surface area contributed by atoms with Gasteiger partial charge in [-0.05, 0) is 45.2 Å². The largest absolute Gasteiger partial charge is 0.340 e. The van der Waals surface area contributed by atoms with Gasteiger partial charge in [0.2, 0.25) is 5.91 Å². The molecule has 0 aromatic heterocycles. The predicted octanol–water partition coefficient (Wildman–Crippen LogP) is 0.997. The summed E-state index contributed by atoms with van der Waals surface area (Å²) in [5.41, 5.74) is 0. The zero-order chi connectivity index (χ0) is 9.97. The van der Waals surface area contributed by atoms with E-state index in [-0.39, 0.29) is 0 Å². The fourth-order valence-corrected chi connectivity index (χ4v) is 2.60. The van der Waals surface area contributed by atoms with E-state index >= 15 is 0 Å². The molecule has 2 heterocycles. The maximum atomic E-state index is 11.7. The molecule has 2 atom stereocenters. The topological polar surface area (TPSA) is 32.3 Å². The molecule has 2 fully saturated rings. The molecule has 1 amide bonds. The van der Waals surface area contributed by atoms with Crippen LogP contribution in [-0.4, -0.2) is 36.5 Å². The summed E-state index contributed by atoms with van der Waals surface area (Å²) in [4.78, 5) is 13.8. The summed E-state index contributed by atoms with van der Waals surface area (Å²) in [5, 5.41) is 3.37. The summed E-state index contributed by atoms with van der Waals surface area (Å²) in [6.07, 6.45) is 4.27. The second kappa shape index (κ2) is 4.30. The van der Waals surface area contributed by atoms with Gasteiger partial charge in [-0.2, -0.15) is 0 Å². The number of hydrogen-bond acceptors (Lipinski definition) is 2. The fourth-order valence-electron chi connectivity index (χ4n) is 2.60. The van der Waals surface area contributed by atoms with E-state index in [1.165, 1.54) is 12.8 Å². The molecule has 1 N–H and O–H groups in total. The number of rotatable bonds is 2. The Labute approximate surface area is 85.8 Å². The van der Waals surface area contributed by atoms with E-state index in [0.29, 0.717) is 17.9 Å². The summed E-state index contributed by atoms with van der Waals surface area (Å²) in [6.45, 7) is 5.40. The van der Waals surface area contributed by atoms with Gasteiger partial charge < -0.3 is 10.2 Å². The molecule has 14 heavy (non-hydrogen) atoms. The van der Waals surface area contributed by atoms with Crippen LogP contribution < -0.4 is 5.32 Å². The molecule has 0 bridgehead atoms. The Kier molecular flexibility index (Phi) is 3.06. The van der Waals surface area contributed by atoms with Crippen LogP contribution >= 0.6 is 0 Å². The van der Waals surface area contributed by atoms with Crippen LogP contribution in [0, 0.1) is 5.92 Å². The molecule has 2 saturated heterocycles. The Balaban J connectivity index is 1.94. The minimum absolute atomic E-state index is 0.371. The van der Waals surface area contributed by atoms with Gasteiger partial charge in [-0.25, -0.2) is 0 Å². The van der Waals surface area contributed by atoms with Gasteiger partial charge in [-0.15, -0.1) is 0 Å². The molecule has 0 aliphatic carbocycles. The van der Waals surface area contributed by atoms with E-state index in [9.17, 15) is 4.79 Å². The summed E-state index contributed by atoms with van der Waals surface area (Å²) in [5.74, 6) is 1.05.